The van der Waals surface area contributed by atoms with Crippen LogP contribution in [0.3, 0.4) is 0 Å². The number of fused-ring (bicyclic) bond motifs is 1. The van der Waals surface area contributed by atoms with Crippen molar-refractivity contribution in [3.63, 3.8) is 0 Å². The summed E-state index contributed by atoms with van der Waals surface area (Å²) in [6.45, 7) is 0. The molecule has 0 aromatic heterocycles. The van der Waals surface area contributed by atoms with E-state index in [1.165, 1.54) is 11.1 Å². The van der Waals surface area contributed by atoms with E-state index in [2.05, 4.69) is 23.5 Å². The van der Waals surface area contributed by atoms with Gasteiger partial charge in [0.05, 0.1) is 17.2 Å². The van der Waals surface area contributed by atoms with E-state index < -0.39 is 0 Å². The van der Waals surface area contributed by atoms with Gasteiger partial charge in [0, 0.05) is 17.7 Å². The Balaban J connectivity index is 2.04. The van der Waals surface area contributed by atoms with Gasteiger partial charge in [0.2, 0.25) is 0 Å². The summed E-state index contributed by atoms with van der Waals surface area (Å²) in [5, 5.41) is 4.58. The fourth-order valence-electron chi connectivity index (χ4n) is 2.99. The lowest BCUT2D eigenvalue weighted by Gasteiger charge is -2.12. The van der Waals surface area contributed by atoms with Crippen molar-refractivity contribution in [2.45, 2.75) is 18.9 Å². The first kappa shape index (κ1) is 14.7. The molecule has 0 saturated heterocycles. The molecular weight excluding hydrogens is 305 g/mol. The summed E-state index contributed by atoms with van der Waals surface area (Å²) in [5.41, 5.74) is 4.81. The Hall–Kier alpha value is -1.22. The molecule has 21 heavy (non-hydrogen) atoms. The summed E-state index contributed by atoms with van der Waals surface area (Å²) in [7, 11) is 3.60. The van der Waals surface area contributed by atoms with Crippen LogP contribution in [0.4, 0.5) is 0 Å². The Bertz CT molecular complexity index is 685. The van der Waals surface area contributed by atoms with Crippen molar-refractivity contribution in [1.29, 1.82) is 0 Å². The standard InChI is InChI=1S/C17H17Cl2NO/c1-20-16-6-4-10-7-11(3-5-12(10)16)13-8-15(19)17(21-2)9-14(13)18/h3,5,7-9,16,20H,4,6H2,1-2H3. The van der Waals surface area contributed by atoms with Crippen LogP contribution in [0.15, 0.2) is 30.3 Å². The van der Waals surface area contributed by atoms with Crippen molar-refractivity contribution < 1.29 is 4.74 Å². The highest BCUT2D eigenvalue weighted by Crippen LogP contribution is 2.39. The minimum atomic E-state index is 0.462. The molecular formula is C17H17Cl2NO. The molecule has 2 aromatic rings. The normalized spacial score (nSPS) is 16.9. The van der Waals surface area contributed by atoms with E-state index in [0.29, 0.717) is 21.8 Å². The molecule has 1 N–H and O–H groups in total. The Labute approximate surface area is 135 Å². The zero-order chi connectivity index (χ0) is 15.0. The second-order valence-corrected chi connectivity index (χ2v) is 6.07. The van der Waals surface area contributed by atoms with Crippen molar-refractivity contribution in [2.24, 2.45) is 0 Å². The fourth-order valence-corrected chi connectivity index (χ4v) is 3.49. The lowest BCUT2D eigenvalue weighted by molar-refractivity contribution is 0.415. The van der Waals surface area contributed by atoms with Gasteiger partial charge in [-0.25, -0.2) is 0 Å². The lowest BCUT2D eigenvalue weighted by atomic mass is 9.99. The molecule has 1 atom stereocenters. The van der Waals surface area contributed by atoms with Gasteiger partial charge >= 0.3 is 0 Å². The van der Waals surface area contributed by atoms with Crippen molar-refractivity contribution in [3.05, 3.63) is 51.5 Å². The maximum atomic E-state index is 6.37. The molecule has 1 aliphatic carbocycles. The third-order valence-electron chi connectivity index (χ3n) is 4.12. The Morgan fingerprint density at radius 3 is 2.67 bits per heavy atom. The maximum Gasteiger partial charge on any atom is 0.138 e. The predicted octanol–water partition coefficient (Wildman–Crippen LogP) is 4.88. The van der Waals surface area contributed by atoms with Crippen LogP contribution in [-0.2, 0) is 6.42 Å². The van der Waals surface area contributed by atoms with E-state index in [4.69, 9.17) is 27.9 Å². The minimum Gasteiger partial charge on any atom is -0.495 e. The SMILES string of the molecule is CNC1CCc2cc(-c3cc(Cl)c(OC)cc3Cl)ccc21. The van der Waals surface area contributed by atoms with Gasteiger partial charge in [-0.15, -0.1) is 0 Å². The molecule has 0 saturated carbocycles. The predicted molar refractivity (Wildman–Crippen MR) is 88.6 cm³/mol. The van der Waals surface area contributed by atoms with Crippen LogP contribution in [0.2, 0.25) is 10.0 Å². The van der Waals surface area contributed by atoms with Crippen molar-refractivity contribution in [1.82, 2.24) is 5.32 Å². The fraction of sp³-hybridized carbons (Fsp3) is 0.294. The van der Waals surface area contributed by atoms with Crippen molar-refractivity contribution in [2.75, 3.05) is 14.2 Å². The minimum absolute atomic E-state index is 0.462. The van der Waals surface area contributed by atoms with Gasteiger partial charge in [0.1, 0.15) is 5.75 Å². The summed E-state index contributed by atoms with van der Waals surface area (Å²) >= 11 is 12.6. The van der Waals surface area contributed by atoms with E-state index in [1.54, 1.807) is 13.2 Å². The molecule has 0 bridgehead atoms. The monoisotopic (exact) mass is 321 g/mol. The first-order valence-electron chi connectivity index (χ1n) is 6.97. The van der Waals surface area contributed by atoms with Gasteiger partial charge < -0.3 is 10.1 Å². The van der Waals surface area contributed by atoms with E-state index in [9.17, 15) is 0 Å². The average Bonchev–Trinajstić information content (AvgIpc) is 2.91. The lowest BCUT2D eigenvalue weighted by Crippen LogP contribution is -2.12. The van der Waals surface area contributed by atoms with E-state index in [0.717, 1.165) is 24.0 Å². The molecule has 1 aliphatic rings. The summed E-state index contributed by atoms with van der Waals surface area (Å²) < 4.78 is 5.19. The molecule has 2 nitrogen and oxygen atoms in total. The number of rotatable bonds is 3. The van der Waals surface area contributed by atoms with Crippen LogP contribution >= 0.6 is 23.2 Å². The van der Waals surface area contributed by atoms with Gasteiger partial charge in [-0.2, -0.15) is 0 Å². The molecule has 0 aliphatic heterocycles. The van der Waals surface area contributed by atoms with Gasteiger partial charge in [-0.1, -0.05) is 41.4 Å². The molecule has 1 unspecified atom stereocenters. The van der Waals surface area contributed by atoms with E-state index in [1.807, 2.05) is 13.1 Å². The molecule has 0 amide bonds. The number of hydrogen-bond donors (Lipinski definition) is 1. The molecule has 3 rings (SSSR count). The largest absolute Gasteiger partial charge is 0.495 e. The number of benzene rings is 2. The van der Waals surface area contributed by atoms with Crippen LogP contribution in [0.5, 0.6) is 5.75 Å². The summed E-state index contributed by atoms with van der Waals surface area (Å²) in [5.74, 6) is 0.599. The quantitative estimate of drug-likeness (QED) is 0.870. The second-order valence-electron chi connectivity index (χ2n) is 5.26. The summed E-state index contributed by atoms with van der Waals surface area (Å²) in [6.07, 6.45) is 2.24. The topological polar surface area (TPSA) is 21.3 Å². The smallest absolute Gasteiger partial charge is 0.138 e. The summed E-state index contributed by atoms with van der Waals surface area (Å²) in [4.78, 5) is 0. The Morgan fingerprint density at radius 1 is 1.14 bits per heavy atom. The molecule has 0 fully saturated rings. The molecule has 4 heteroatoms. The highest BCUT2D eigenvalue weighted by Gasteiger charge is 2.21. The van der Waals surface area contributed by atoms with Crippen LogP contribution in [0.1, 0.15) is 23.6 Å². The number of aryl methyl sites for hydroxylation is 1. The number of methoxy groups -OCH3 is 1. The highest BCUT2D eigenvalue weighted by molar-refractivity contribution is 6.36. The van der Waals surface area contributed by atoms with Crippen LogP contribution in [-0.4, -0.2) is 14.2 Å². The van der Waals surface area contributed by atoms with Crippen molar-refractivity contribution in [3.8, 4) is 16.9 Å². The van der Waals surface area contributed by atoms with Crippen LogP contribution in [0.25, 0.3) is 11.1 Å². The molecule has 0 heterocycles. The number of hydrogen-bond acceptors (Lipinski definition) is 2. The van der Waals surface area contributed by atoms with Gasteiger partial charge in [0.15, 0.2) is 0 Å². The van der Waals surface area contributed by atoms with Gasteiger partial charge in [0.25, 0.3) is 0 Å². The average molecular weight is 322 g/mol. The molecule has 0 spiro atoms. The van der Waals surface area contributed by atoms with Crippen LogP contribution in [0, 0.1) is 0 Å². The number of halogens is 2. The van der Waals surface area contributed by atoms with Gasteiger partial charge in [-0.05, 0) is 42.6 Å². The molecule has 0 radical (unpaired) electrons. The van der Waals surface area contributed by atoms with E-state index >= 15 is 0 Å². The first-order valence-corrected chi connectivity index (χ1v) is 7.73. The molecule has 2 aromatic carbocycles. The van der Waals surface area contributed by atoms with E-state index in [-0.39, 0.29) is 0 Å². The van der Waals surface area contributed by atoms with Crippen molar-refractivity contribution >= 4 is 23.2 Å². The Kier molecular flexibility index (Phi) is 4.12. The summed E-state index contributed by atoms with van der Waals surface area (Å²) in [6, 6.07) is 10.6. The first-order chi connectivity index (χ1) is 10.1. The third-order valence-corrected chi connectivity index (χ3v) is 4.73. The third kappa shape index (κ3) is 2.64. The van der Waals surface area contributed by atoms with Gasteiger partial charge in [-0.3, -0.25) is 0 Å². The highest BCUT2D eigenvalue weighted by atomic mass is 35.5. The number of ether oxygens (including phenoxy) is 1. The second kappa shape index (κ2) is 5.88. The number of nitrogens with one attached hydrogen (secondary N) is 1. The molecule has 110 valence electrons. The Morgan fingerprint density at radius 2 is 1.95 bits per heavy atom. The zero-order valence-corrected chi connectivity index (χ0v) is 13.6. The zero-order valence-electron chi connectivity index (χ0n) is 12.0. The maximum absolute atomic E-state index is 6.37. The van der Waals surface area contributed by atoms with Crippen LogP contribution < -0.4 is 10.1 Å².